The second kappa shape index (κ2) is 9.32. The number of benzene rings is 1. The Bertz CT molecular complexity index is 979. The Labute approximate surface area is 177 Å². The molecule has 29 heavy (non-hydrogen) atoms. The van der Waals surface area contributed by atoms with Crippen LogP contribution in [0.15, 0.2) is 33.2 Å². The molecule has 0 atom stereocenters. The molecule has 0 aliphatic rings. The number of aromatic nitrogens is 4. The van der Waals surface area contributed by atoms with Crippen molar-refractivity contribution in [3.63, 3.8) is 0 Å². The Balaban J connectivity index is 1.68. The van der Waals surface area contributed by atoms with Crippen molar-refractivity contribution >= 4 is 21.8 Å². The zero-order valence-electron chi connectivity index (χ0n) is 16.9. The molecular formula is C20H24BrN5O3. The van der Waals surface area contributed by atoms with Crippen molar-refractivity contribution in [2.75, 3.05) is 13.2 Å². The molecule has 8 nitrogen and oxygen atoms in total. The van der Waals surface area contributed by atoms with Crippen LogP contribution in [0.1, 0.15) is 42.2 Å². The molecule has 0 radical (unpaired) electrons. The van der Waals surface area contributed by atoms with Crippen molar-refractivity contribution in [2.45, 2.75) is 40.2 Å². The van der Waals surface area contributed by atoms with Crippen molar-refractivity contribution in [1.82, 2.24) is 25.3 Å². The van der Waals surface area contributed by atoms with Crippen molar-refractivity contribution in [2.24, 2.45) is 0 Å². The first kappa shape index (κ1) is 21.2. The predicted molar refractivity (Wildman–Crippen MR) is 112 cm³/mol. The number of carbonyl (C=O) groups excluding carboxylic acids is 1. The van der Waals surface area contributed by atoms with Gasteiger partial charge in [0.2, 0.25) is 5.89 Å². The third kappa shape index (κ3) is 5.10. The lowest BCUT2D eigenvalue weighted by molar-refractivity contribution is 0.0757. The average Bonchev–Trinajstić information content (AvgIpc) is 3.25. The Hall–Kier alpha value is -2.52. The van der Waals surface area contributed by atoms with Gasteiger partial charge >= 0.3 is 0 Å². The summed E-state index contributed by atoms with van der Waals surface area (Å²) < 4.78 is 13.5. The summed E-state index contributed by atoms with van der Waals surface area (Å²) in [7, 11) is 0. The van der Waals surface area contributed by atoms with E-state index in [9.17, 15) is 4.79 Å². The van der Waals surface area contributed by atoms with E-state index in [4.69, 9.17) is 9.15 Å². The van der Waals surface area contributed by atoms with E-state index < -0.39 is 0 Å². The zero-order chi connectivity index (χ0) is 21.0. The SMILES string of the molecule is Cc1nnc(-c2nn(-c3ccc(C(=O)NCCCOC(C)C)cc3)c(C)c2Br)o1. The number of carbonyl (C=O) groups is 1. The predicted octanol–water partition coefficient (Wildman–Crippen LogP) is 3.85. The van der Waals surface area contributed by atoms with Gasteiger partial charge in [-0.1, -0.05) is 0 Å². The van der Waals surface area contributed by atoms with Crippen LogP contribution in [0.2, 0.25) is 0 Å². The first-order valence-electron chi connectivity index (χ1n) is 9.42. The first-order valence-corrected chi connectivity index (χ1v) is 10.2. The van der Waals surface area contributed by atoms with Gasteiger partial charge < -0.3 is 14.5 Å². The van der Waals surface area contributed by atoms with Gasteiger partial charge in [-0.05, 0) is 67.4 Å². The van der Waals surface area contributed by atoms with Crippen LogP contribution in [-0.4, -0.2) is 45.1 Å². The maximum Gasteiger partial charge on any atom is 0.269 e. The number of ether oxygens (including phenoxy) is 1. The minimum absolute atomic E-state index is 0.110. The molecule has 0 unspecified atom stereocenters. The van der Waals surface area contributed by atoms with Crippen LogP contribution in [0, 0.1) is 13.8 Å². The highest BCUT2D eigenvalue weighted by molar-refractivity contribution is 9.10. The Morgan fingerprint density at radius 3 is 2.59 bits per heavy atom. The van der Waals surface area contributed by atoms with E-state index in [0.29, 0.717) is 36.2 Å². The molecule has 9 heteroatoms. The van der Waals surface area contributed by atoms with Gasteiger partial charge in [0.15, 0.2) is 5.69 Å². The number of nitrogens with zero attached hydrogens (tertiary/aromatic N) is 4. The number of hydrogen-bond acceptors (Lipinski definition) is 6. The van der Waals surface area contributed by atoms with E-state index >= 15 is 0 Å². The van der Waals surface area contributed by atoms with E-state index in [1.54, 1.807) is 23.7 Å². The zero-order valence-corrected chi connectivity index (χ0v) is 18.5. The van der Waals surface area contributed by atoms with Gasteiger partial charge in [0.1, 0.15) is 0 Å². The largest absolute Gasteiger partial charge is 0.420 e. The van der Waals surface area contributed by atoms with Crippen LogP contribution in [0.5, 0.6) is 0 Å². The van der Waals surface area contributed by atoms with Crippen LogP contribution in [0.4, 0.5) is 0 Å². The molecule has 0 aliphatic carbocycles. The third-order valence-corrected chi connectivity index (χ3v) is 5.15. The summed E-state index contributed by atoms with van der Waals surface area (Å²) in [4.78, 5) is 12.3. The molecular weight excluding hydrogens is 438 g/mol. The number of amides is 1. The molecule has 1 amide bonds. The smallest absolute Gasteiger partial charge is 0.269 e. The van der Waals surface area contributed by atoms with Crippen LogP contribution >= 0.6 is 15.9 Å². The summed E-state index contributed by atoms with van der Waals surface area (Å²) in [5.41, 5.74) is 2.88. The molecule has 0 saturated carbocycles. The van der Waals surface area contributed by atoms with Crippen LogP contribution in [-0.2, 0) is 4.74 Å². The molecule has 0 aliphatic heterocycles. The van der Waals surface area contributed by atoms with E-state index in [1.807, 2.05) is 32.9 Å². The lowest BCUT2D eigenvalue weighted by Gasteiger charge is -2.09. The molecule has 2 heterocycles. The second-order valence-electron chi connectivity index (χ2n) is 6.86. The second-order valence-corrected chi connectivity index (χ2v) is 7.65. The lowest BCUT2D eigenvalue weighted by Crippen LogP contribution is -2.25. The van der Waals surface area contributed by atoms with E-state index in [0.717, 1.165) is 22.3 Å². The molecule has 0 saturated heterocycles. The maximum atomic E-state index is 12.3. The minimum atomic E-state index is -0.110. The third-order valence-electron chi connectivity index (χ3n) is 4.20. The summed E-state index contributed by atoms with van der Waals surface area (Å²) in [6, 6.07) is 7.26. The van der Waals surface area contributed by atoms with Gasteiger partial charge in [0.05, 0.1) is 22.0 Å². The molecule has 1 aromatic carbocycles. The van der Waals surface area contributed by atoms with Crippen molar-refractivity contribution < 1.29 is 13.9 Å². The standard InChI is InChI=1S/C20H24BrN5O3/c1-12(2)28-11-5-10-22-19(27)15-6-8-16(9-7-15)26-13(3)17(21)18(25-26)20-24-23-14(4)29-20/h6-9,12H,5,10-11H2,1-4H3,(H,22,27). The monoisotopic (exact) mass is 461 g/mol. The van der Waals surface area contributed by atoms with Crippen LogP contribution in [0.25, 0.3) is 17.3 Å². The fourth-order valence-corrected chi connectivity index (χ4v) is 3.13. The quantitative estimate of drug-likeness (QED) is 0.511. The average molecular weight is 462 g/mol. The summed E-state index contributed by atoms with van der Waals surface area (Å²) in [6.07, 6.45) is 0.980. The van der Waals surface area contributed by atoms with Gasteiger partial charge in [-0.2, -0.15) is 5.10 Å². The molecule has 0 bridgehead atoms. The normalized spacial score (nSPS) is 11.2. The highest BCUT2D eigenvalue weighted by atomic mass is 79.9. The Morgan fingerprint density at radius 1 is 1.24 bits per heavy atom. The molecule has 0 spiro atoms. The summed E-state index contributed by atoms with van der Waals surface area (Å²) >= 11 is 3.55. The van der Waals surface area contributed by atoms with E-state index in [1.165, 1.54) is 0 Å². The number of nitrogens with one attached hydrogen (secondary N) is 1. The highest BCUT2D eigenvalue weighted by Gasteiger charge is 2.19. The Kier molecular flexibility index (Phi) is 6.81. The number of aryl methyl sites for hydroxylation is 1. The van der Waals surface area contributed by atoms with Gasteiger partial charge in [0, 0.05) is 25.6 Å². The molecule has 3 aromatic rings. The summed E-state index contributed by atoms with van der Waals surface area (Å²) in [5.74, 6) is 0.723. The molecule has 154 valence electrons. The van der Waals surface area contributed by atoms with Gasteiger partial charge in [-0.3, -0.25) is 4.79 Å². The van der Waals surface area contributed by atoms with Crippen molar-refractivity contribution in [3.8, 4) is 17.3 Å². The minimum Gasteiger partial charge on any atom is -0.420 e. The molecule has 3 rings (SSSR count). The van der Waals surface area contributed by atoms with E-state index in [-0.39, 0.29) is 12.0 Å². The van der Waals surface area contributed by atoms with Crippen molar-refractivity contribution in [1.29, 1.82) is 0 Å². The van der Waals surface area contributed by atoms with Gasteiger partial charge in [-0.15, -0.1) is 10.2 Å². The van der Waals surface area contributed by atoms with Crippen LogP contribution in [0.3, 0.4) is 0 Å². The molecule has 1 N–H and O–H groups in total. The number of halogens is 1. The fourth-order valence-electron chi connectivity index (χ4n) is 2.71. The summed E-state index contributed by atoms with van der Waals surface area (Å²) in [5, 5.41) is 15.4. The maximum absolute atomic E-state index is 12.3. The van der Waals surface area contributed by atoms with Gasteiger partial charge in [-0.25, -0.2) is 4.68 Å². The number of rotatable bonds is 8. The topological polar surface area (TPSA) is 95.1 Å². The van der Waals surface area contributed by atoms with Gasteiger partial charge in [0.25, 0.3) is 11.8 Å². The fraction of sp³-hybridized carbons (Fsp3) is 0.400. The van der Waals surface area contributed by atoms with Crippen LogP contribution < -0.4 is 5.32 Å². The van der Waals surface area contributed by atoms with Crippen molar-refractivity contribution in [3.05, 3.63) is 45.9 Å². The first-order chi connectivity index (χ1) is 13.9. The molecule has 2 aromatic heterocycles. The summed E-state index contributed by atoms with van der Waals surface area (Å²) in [6.45, 7) is 8.86. The van der Waals surface area contributed by atoms with E-state index in [2.05, 4.69) is 36.5 Å². The molecule has 0 fully saturated rings. The lowest BCUT2D eigenvalue weighted by atomic mass is 10.2. The highest BCUT2D eigenvalue weighted by Crippen LogP contribution is 2.30. The Morgan fingerprint density at radius 2 is 1.97 bits per heavy atom. The number of hydrogen-bond donors (Lipinski definition) is 1.